The molecule has 0 radical (unpaired) electrons. The minimum Gasteiger partial charge on any atom is -0.481 e. The highest BCUT2D eigenvalue weighted by Crippen LogP contribution is 2.60. The Balaban J connectivity index is 1.81. The van der Waals surface area contributed by atoms with Crippen molar-refractivity contribution in [3.63, 3.8) is 0 Å². The number of allylic oxidation sites excluding steroid dienone is 3. The Morgan fingerprint density at radius 1 is 1.21 bits per heavy atom. The van der Waals surface area contributed by atoms with Gasteiger partial charge in [0.25, 0.3) is 0 Å². The van der Waals surface area contributed by atoms with Crippen molar-refractivity contribution in [2.45, 2.75) is 97.4 Å². The third-order valence-electron chi connectivity index (χ3n) is 9.15. The van der Waals surface area contributed by atoms with Crippen LogP contribution in [0.5, 0.6) is 0 Å². The highest BCUT2D eigenvalue weighted by atomic mass is 16.4. The minimum atomic E-state index is -0.793. The summed E-state index contributed by atoms with van der Waals surface area (Å²) >= 11 is 0. The lowest BCUT2D eigenvalue weighted by Gasteiger charge is -2.45. The Hall–Kier alpha value is -1.43. The molecule has 5 heteroatoms. The predicted octanol–water partition coefficient (Wildman–Crippen LogP) is 4.87. The molecule has 3 aliphatic carbocycles. The molecule has 0 aromatic heterocycles. The molecule has 0 heterocycles. The average molecular weight is 461 g/mol. The quantitative estimate of drug-likeness (QED) is 0.434. The van der Waals surface area contributed by atoms with E-state index in [4.69, 9.17) is 0 Å². The summed E-state index contributed by atoms with van der Waals surface area (Å²) in [5.41, 5.74) is 3.10. The standard InChI is InChI=1S/C28H44O5/c1-16(2)25(30)15-22(27(32)33)18(4)23-10-11-24-19(7-6-12-28(23,24)5)8-9-20-13-21(29)14-26(31)17(20)3/h8-9,16,18,21-26,29-31H,3,6-7,10-15H2,1-2,4-5H3,(H,32,33)/t18-,21-,22?,23-,24?,25?,26+,28-/m1/s1. The third-order valence-corrected chi connectivity index (χ3v) is 9.15. The summed E-state index contributed by atoms with van der Waals surface area (Å²) in [4.78, 5) is 12.2. The molecule has 0 aromatic rings. The van der Waals surface area contributed by atoms with Gasteiger partial charge in [-0.15, -0.1) is 0 Å². The lowest BCUT2D eigenvalue weighted by Crippen LogP contribution is -2.40. The summed E-state index contributed by atoms with van der Waals surface area (Å²) < 4.78 is 0. The monoisotopic (exact) mass is 460 g/mol. The minimum absolute atomic E-state index is 0.00650. The van der Waals surface area contributed by atoms with E-state index in [1.54, 1.807) is 0 Å². The van der Waals surface area contributed by atoms with E-state index in [1.807, 2.05) is 19.9 Å². The number of aliphatic hydroxyl groups is 3. The van der Waals surface area contributed by atoms with Crippen molar-refractivity contribution in [3.8, 4) is 0 Å². The van der Waals surface area contributed by atoms with Crippen LogP contribution >= 0.6 is 0 Å². The summed E-state index contributed by atoms with van der Waals surface area (Å²) in [6, 6.07) is 0. The average Bonchev–Trinajstić information content (AvgIpc) is 3.10. The normalized spacial score (nSPS) is 37.9. The first kappa shape index (κ1) is 26.2. The number of hydrogen-bond donors (Lipinski definition) is 4. The fourth-order valence-corrected chi connectivity index (χ4v) is 6.96. The Labute approximate surface area is 199 Å². The van der Waals surface area contributed by atoms with Crippen LogP contribution in [0.1, 0.15) is 79.1 Å². The number of carbonyl (C=O) groups is 1. The number of fused-ring (bicyclic) bond motifs is 1. The molecule has 0 amide bonds. The van der Waals surface area contributed by atoms with E-state index in [2.05, 4.69) is 26.5 Å². The molecule has 0 bridgehead atoms. The van der Waals surface area contributed by atoms with Crippen LogP contribution in [0, 0.1) is 35.0 Å². The van der Waals surface area contributed by atoms with Gasteiger partial charge in [-0.2, -0.15) is 0 Å². The van der Waals surface area contributed by atoms with E-state index in [0.29, 0.717) is 36.7 Å². The van der Waals surface area contributed by atoms with E-state index >= 15 is 0 Å². The highest BCUT2D eigenvalue weighted by Gasteiger charge is 2.52. The number of hydrogen-bond acceptors (Lipinski definition) is 4. The maximum Gasteiger partial charge on any atom is 0.306 e. The van der Waals surface area contributed by atoms with Crippen molar-refractivity contribution < 1.29 is 25.2 Å². The van der Waals surface area contributed by atoms with Gasteiger partial charge in [-0.25, -0.2) is 0 Å². The number of rotatable bonds is 7. The van der Waals surface area contributed by atoms with E-state index in [9.17, 15) is 25.2 Å². The smallest absolute Gasteiger partial charge is 0.306 e. The second kappa shape index (κ2) is 10.5. The van der Waals surface area contributed by atoms with Crippen LogP contribution in [0.3, 0.4) is 0 Å². The van der Waals surface area contributed by atoms with Gasteiger partial charge in [-0.3, -0.25) is 4.79 Å². The zero-order chi connectivity index (χ0) is 24.5. The van der Waals surface area contributed by atoms with E-state index in [1.165, 1.54) is 5.57 Å². The highest BCUT2D eigenvalue weighted by molar-refractivity contribution is 5.70. The molecular weight excluding hydrogens is 416 g/mol. The van der Waals surface area contributed by atoms with Gasteiger partial charge in [-0.1, -0.05) is 52.0 Å². The molecule has 186 valence electrons. The lowest BCUT2D eigenvalue weighted by atomic mass is 9.59. The maximum absolute atomic E-state index is 12.2. The molecule has 0 saturated heterocycles. The molecule has 3 aliphatic rings. The van der Waals surface area contributed by atoms with Crippen LogP contribution in [0.15, 0.2) is 35.5 Å². The van der Waals surface area contributed by atoms with E-state index < -0.39 is 30.2 Å². The van der Waals surface area contributed by atoms with Gasteiger partial charge < -0.3 is 20.4 Å². The molecule has 3 saturated carbocycles. The van der Waals surface area contributed by atoms with Gasteiger partial charge in [0.1, 0.15) is 0 Å². The van der Waals surface area contributed by atoms with Gasteiger partial charge in [0.15, 0.2) is 0 Å². The molecule has 8 atom stereocenters. The lowest BCUT2D eigenvalue weighted by molar-refractivity contribution is -0.146. The fourth-order valence-electron chi connectivity index (χ4n) is 6.96. The van der Waals surface area contributed by atoms with E-state index in [0.717, 1.165) is 37.7 Å². The molecule has 5 nitrogen and oxygen atoms in total. The molecule has 33 heavy (non-hydrogen) atoms. The van der Waals surface area contributed by atoms with Gasteiger partial charge >= 0.3 is 5.97 Å². The first-order valence-corrected chi connectivity index (χ1v) is 12.8. The maximum atomic E-state index is 12.2. The fraction of sp³-hybridized carbons (Fsp3) is 0.750. The van der Waals surface area contributed by atoms with Gasteiger partial charge in [0.2, 0.25) is 0 Å². The number of aliphatic hydroxyl groups excluding tert-OH is 3. The number of aliphatic carboxylic acids is 1. The van der Waals surface area contributed by atoms with Crippen LogP contribution in [0.25, 0.3) is 0 Å². The van der Waals surface area contributed by atoms with Crippen LogP contribution in [0.4, 0.5) is 0 Å². The Kier molecular flexibility index (Phi) is 8.29. The molecule has 4 N–H and O–H groups in total. The predicted molar refractivity (Wildman–Crippen MR) is 130 cm³/mol. The SMILES string of the molecule is C=C1C(=CC=C2CCC[C@@]3(C)C2CC[C@@H]3[C@H](C)C(CC(O)C(C)C)C(=O)O)C[C@@H](O)C[C@@H]1O. The van der Waals surface area contributed by atoms with Crippen molar-refractivity contribution in [2.24, 2.45) is 35.0 Å². The van der Waals surface area contributed by atoms with Crippen molar-refractivity contribution in [1.82, 2.24) is 0 Å². The van der Waals surface area contributed by atoms with Gasteiger partial charge in [-0.05, 0) is 85.2 Å². The van der Waals surface area contributed by atoms with Crippen molar-refractivity contribution in [2.75, 3.05) is 0 Å². The first-order chi connectivity index (χ1) is 15.5. The topological polar surface area (TPSA) is 98.0 Å². The van der Waals surface area contributed by atoms with Crippen LogP contribution in [0.2, 0.25) is 0 Å². The number of carboxylic acid groups (broad SMARTS) is 1. The summed E-state index contributed by atoms with van der Waals surface area (Å²) in [6.07, 6.45) is 8.93. The zero-order valence-corrected chi connectivity index (χ0v) is 20.8. The van der Waals surface area contributed by atoms with Gasteiger partial charge in [0, 0.05) is 6.42 Å². The first-order valence-electron chi connectivity index (χ1n) is 12.8. The van der Waals surface area contributed by atoms with E-state index in [-0.39, 0.29) is 17.3 Å². The van der Waals surface area contributed by atoms with Crippen LogP contribution in [-0.2, 0) is 4.79 Å². The van der Waals surface area contributed by atoms with Gasteiger partial charge in [0.05, 0.1) is 24.2 Å². The Morgan fingerprint density at radius 3 is 2.55 bits per heavy atom. The molecule has 3 rings (SSSR count). The molecular formula is C28H44O5. The zero-order valence-electron chi connectivity index (χ0n) is 20.8. The van der Waals surface area contributed by atoms with Crippen LogP contribution < -0.4 is 0 Å². The second-order valence-corrected chi connectivity index (χ2v) is 11.5. The molecule has 3 fully saturated rings. The summed E-state index contributed by atoms with van der Waals surface area (Å²) in [6.45, 7) is 12.3. The summed E-state index contributed by atoms with van der Waals surface area (Å²) in [5, 5.41) is 40.6. The molecule has 0 aliphatic heterocycles. The molecule has 0 spiro atoms. The third kappa shape index (κ3) is 5.47. The molecule has 0 aromatic carbocycles. The van der Waals surface area contributed by atoms with Crippen molar-refractivity contribution in [1.29, 1.82) is 0 Å². The Morgan fingerprint density at radius 2 is 1.91 bits per heavy atom. The van der Waals surface area contributed by atoms with Crippen molar-refractivity contribution in [3.05, 3.63) is 35.5 Å². The number of carboxylic acids is 1. The largest absolute Gasteiger partial charge is 0.481 e. The Bertz CT molecular complexity index is 796. The van der Waals surface area contributed by atoms with Crippen LogP contribution in [-0.4, -0.2) is 44.7 Å². The molecule has 3 unspecified atom stereocenters. The van der Waals surface area contributed by atoms with Crippen molar-refractivity contribution >= 4 is 5.97 Å². The second-order valence-electron chi connectivity index (χ2n) is 11.5. The summed E-state index contributed by atoms with van der Waals surface area (Å²) in [7, 11) is 0. The summed E-state index contributed by atoms with van der Waals surface area (Å²) in [5.74, 6) is -0.535.